The van der Waals surface area contributed by atoms with Gasteiger partial charge in [-0.2, -0.15) is 0 Å². The van der Waals surface area contributed by atoms with E-state index in [1.807, 2.05) is 31.0 Å². The van der Waals surface area contributed by atoms with E-state index in [-0.39, 0.29) is 0 Å². The third kappa shape index (κ3) is 2.00. The number of carbonyl (C=O) groups is 1. The Morgan fingerprint density at radius 2 is 2.24 bits per heavy atom. The van der Waals surface area contributed by atoms with Gasteiger partial charge in [0.1, 0.15) is 11.8 Å². The molecule has 1 unspecified atom stereocenters. The highest BCUT2D eigenvalue weighted by molar-refractivity contribution is 5.77. The minimum atomic E-state index is -0.794. The van der Waals surface area contributed by atoms with E-state index in [9.17, 15) is 9.90 Å². The van der Waals surface area contributed by atoms with Crippen LogP contribution in [0.15, 0.2) is 12.1 Å². The highest BCUT2D eigenvalue weighted by Gasteiger charge is 2.31. The van der Waals surface area contributed by atoms with Gasteiger partial charge in [0.25, 0.3) is 0 Å². The quantitative estimate of drug-likeness (QED) is 0.846. The number of hydrogen-bond donors (Lipinski definition) is 1. The first-order valence-corrected chi connectivity index (χ1v) is 5.65. The maximum Gasteiger partial charge on any atom is 0.325 e. The maximum atomic E-state index is 11.3. The number of nitrogens with zero attached hydrogens (tertiary/aromatic N) is 1. The summed E-state index contributed by atoms with van der Waals surface area (Å²) in [4.78, 5) is 13.2. The maximum absolute atomic E-state index is 11.3. The molecule has 17 heavy (non-hydrogen) atoms. The Balaban J connectivity index is 2.53. The molecule has 0 radical (unpaired) electrons. The van der Waals surface area contributed by atoms with Crippen LogP contribution in [-0.4, -0.2) is 36.7 Å². The first kappa shape index (κ1) is 11.9. The van der Waals surface area contributed by atoms with Crippen LogP contribution in [0.5, 0.6) is 5.75 Å². The lowest BCUT2D eigenvalue weighted by atomic mass is 9.91. The minimum Gasteiger partial charge on any atom is -0.496 e. The first-order valence-electron chi connectivity index (χ1n) is 5.65. The molecule has 4 heteroatoms. The predicted molar refractivity (Wildman–Crippen MR) is 64.4 cm³/mol. The number of fused-ring (bicyclic) bond motifs is 1. The Morgan fingerprint density at radius 1 is 1.53 bits per heavy atom. The van der Waals surface area contributed by atoms with Gasteiger partial charge in [0, 0.05) is 6.54 Å². The fraction of sp³-hybridized carbons (Fsp3) is 0.462. The third-order valence-corrected chi connectivity index (χ3v) is 3.36. The van der Waals surface area contributed by atoms with E-state index in [2.05, 4.69) is 0 Å². The summed E-state index contributed by atoms with van der Waals surface area (Å²) in [5.74, 6) is 0.0375. The molecular weight excluding hydrogens is 218 g/mol. The Labute approximate surface area is 101 Å². The Bertz CT molecular complexity index is 456. The molecule has 0 saturated heterocycles. The minimum absolute atomic E-state index is 0.539. The number of likely N-dealkylation sites (N-methyl/N-ethyl adjacent to an activating group) is 1. The lowest BCUT2D eigenvalue weighted by molar-refractivity contribution is -0.143. The average molecular weight is 235 g/mol. The van der Waals surface area contributed by atoms with Crippen molar-refractivity contribution in [1.82, 2.24) is 4.90 Å². The fourth-order valence-electron chi connectivity index (χ4n) is 2.43. The Hall–Kier alpha value is -1.55. The molecule has 4 nitrogen and oxygen atoms in total. The monoisotopic (exact) mass is 235 g/mol. The predicted octanol–water partition coefficient (Wildman–Crippen LogP) is 1.62. The van der Waals surface area contributed by atoms with Gasteiger partial charge in [-0.25, -0.2) is 0 Å². The molecule has 1 aromatic rings. The van der Waals surface area contributed by atoms with E-state index in [1.54, 1.807) is 7.11 Å². The van der Waals surface area contributed by atoms with E-state index >= 15 is 0 Å². The van der Waals surface area contributed by atoms with Gasteiger partial charge in [0.05, 0.1) is 7.11 Å². The lowest BCUT2D eigenvalue weighted by Crippen LogP contribution is -2.36. The van der Waals surface area contributed by atoms with Gasteiger partial charge in [0.2, 0.25) is 0 Å². The zero-order valence-corrected chi connectivity index (χ0v) is 10.4. The summed E-state index contributed by atoms with van der Waals surface area (Å²) in [6, 6.07) is 3.36. The SMILES string of the molecule is COc1cc2c(cc1C)C(C(=O)O)N(C)CC2. The van der Waals surface area contributed by atoms with Gasteiger partial charge in [0.15, 0.2) is 0 Å². The van der Waals surface area contributed by atoms with Gasteiger partial charge in [-0.05, 0) is 49.2 Å². The van der Waals surface area contributed by atoms with Crippen molar-refractivity contribution in [1.29, 1.82) is 0 Å². The molecule has 0 spiro atoms. The zero-order valence-electron chi connectivity index (χ0n) is 10.4. The summed E-state index contributed by atoms with van der Waals surface area (Å²) in [6.45, 7) is 2.70. The molecule has 92 valence electrons. The molecular formula is C13H17NO3. The van der Waals surface area contributed by atoms with Gasteiger partial charge >= 0.3 is 5.97 Å². The Morgan fingerprint density at radius 3 is 2.82 bits per heavy atom. The van der Waals surface area contributed by atoms with Gasteiger partial charge in [-0.3, -0.25) is 9.69 Å². The van der Waals surface area contributed by atoms with Crippen LogP contribution in [0.4, 0.5) is 0 Å². The molecule has 0 saturated carbocycles. The van der Waals surface area contributed by atoms with Crippen LogP contribution in [0.1, 0.15) is 22.7 Å². The third-order valence-electron chi connectivity index (χ3n) is 3.36. The lowest BCUT2D eigenvalue weighted by Gasteiger charge is -2.32. The molecule has 0 aliphatic carbocycles. The second kappa shape index (κ2) is 4.37. The second-order valence-electron chi connectivity index (χ2n) is 4.49. The van der Waals surface area contributed by atoms with E-state index in [0.29, 0.717) is 0 Å². The number of hydrogen-bond acceptors (Lipinski definition) is 3. The largest absolute Gasteiger partial charge is 0.496 e. The van der Waals surface area contributed by atoms with Crippen molar-refractivity contribution in [2.24, 2.45) is 0 Å². The smallest absolute Gasteiger partial charge is 0.325 e. The number of carboxylic acids is 1. The topological polar surface area (TPSA) is 49.8 Å². The molecule has 1 aliphatic rings. The highest BCUT2D eigenvalue weighted by Crippen LogP contribution is 2.33. The zero-order chi connectivity index (χ0) is 12.6. The summed E-state index contributed by atoms with van der Waals surface area (Å²) in [5, 5.41) is 9.30. The van der Waals surface area contributed by atoms with Crippen molar-refractivity contribution in [2.75, 3.05) is 20.7 Å². The van der Waals surface area contributed by atoms with Crippen molar-refractivity contribution < 1.29 is 14.6 Å². The number of methoxy groups -OCH3 is 1. The van der Waals surface area contributed by atoms with Crippen molar-refractivity contribution in [3.8, 4) is 5.75 Å². The van der Waals surface area contributed by atoms with Crippen molar-refractivity contribution in [3.05, 3.63) is 28.8 Å². The van der Waals surface area contributed by atoms with Crippen LogP contribution in [0.2, 0.25) is 0 Å². The molecule has 0 fully saturated rings. The van der Waals surface area contributed by atoms with Crippen LogP contribution < -0.4 is 4.74 Å². The summed E-state index contributed by atoms with van der Waals surface area (Å²) in [7, 11) is 3.49. The number of aliphatic carboxylic acids is 1. The van der Waals surface area contributed by atoms with Gasteiger partial charge in [-0.15, -0.1) is 0 Å². The molecule has 1 N–H and O–H groups in total. The number of aryl methyl sites for hydroxylation is 1. The first-order chi connectivity index (χ1) is 8.04. The molecule has 1 aliphatic heterocycles. The number of benzene rings is 1. The standard InChI is InChI=1S/C13H17NO3/c1-8-6-10-9(7-11(8)17-3)4-5-14(2)12(10)13(15)16/h6-7,12H,4-5H2,1-3H3,(H,15,16). The highest BCUT2D eigenvalue weighted by atomic mass is 16.5. The van der Waals surface area contributed by atoms with Crippen molar-refractivity contribution >= 4 is 5.97 Å². The van der Waals surface area contributed by atoms with Gasteiger partial charge < -0.3 is 9.84 Å². The van der Waals surface area contributed by atoms with E-state index in [0.717, 1.165) is 35.4 Å². The van der Waals surface area contributed by atoms with Crippen LogP contribution in [0.3, 0.4) is 0 Å². The van der Waals surface area contributed by atoms with E-state index in [1.165, 1.54) is 0 Å². The molecule has 0 bridgehead atoms. The van der Waals surface area contributed by atoms with Crippen LogP contribution >= 0.6 is 0 Å². The van der Waals surface area contributed by atoms with Crippen LogP contribution in [-0.2, 0) is 11.2 Å². The molecule has 0 amide bonds. The molecule has 1 atom stereocenters. The number of carboxylic acid groups (broad SMARTS) is 1. The van der Waals surface area contributed by atoms with Gasteiger partial charge in [-0.1, -0.05) is 0 Å². The van der Waals surface area contributed by atoms with E-state index in [4.69, 9.17) is 4.74 Å². The number of rotatable bonds is 2. The second-order valence-corrected chi connectivity index (χ2v) is 4.49. The normalized spacial score (nSPS) is 19.8. The summed E-state index contributed by atoms with van der Waals surface area (Å²) < 4.78 is 5.27. The summed E-state index contributed by atoms with van der Waals surface area (Å²) >= 11 is 0. The summed E-state index contributed by atoms with van der Waals surface area (Å²) in [5.41, 5.74) is 2.95. The number of ether oxygens (including phenoxy) is 1. The van der Waals surface area contributed by atoms with Crippen molar-refractivity contribution in [3.63, 3.8) is 0 Å². The average Bonchev–Trinajstić information content (AvgIpc) is 2.27. The van der Waals surface area contributed by atoms with Crippen molar-refractivity contribution in [2.45, 2.75) is 19.4 Å². The molecule has 1 aromatic carbocycles. The molecule has 1 heterocycles. The van der Waals surface area contributed by atoms with Crippen LogP contribution in [0, 0.1) is 6.92 Å². The fourth-order valence-corrected chi connectivity index (χ4v) is 2.43. The summed E-state index contributed by atoms with van der Waals surface area (Å²) in [6.07, 6.45) is 0.867. The molecule has 0 aromatic heterocycles. The molecule has 2 rings (SSSR count). The van der Waals surface area contributed by atoms with E-state index < -0.39 is 12.0 Å². The Kier molecular flexibility index (Phi) is 3.07. The van der Waals surface area contributed by atoms with Crippen LogP contribution in [0.25, 0.3) is 0 Å².